The fraction of sp³-hybridized carbons (Fsp3) is 0.462. The van der Waals surface area contributed by atoms with E-state index in [-0.39, 0.29) is 10.5 Å². The zero-order valence-electron chi connectivity index (χ0n) is 12.2. The Morgan fingerprint density at radius 3 is 2.17 bits per heavy atom. The van der Waals surface area contributed by atoms with Gasteiger partial charge in [0.25, 0.3) is 0 Å². The third kappa shape index (κ3) is 5.32. The number of hydrogen-bond donors (Lipinski definition) is 2. The average molecular weight is 392 g/mol. The molecule has 0 heterocycles. The molecular formula is C13H14ClF4NO4S. The molecule has 0 radical (unpaired) electrons. The van der Waals surface area contributed by atoms with Gasteiger partial charge in [-0.25, -0.2) is 12.8 Å². The minimum atomic E-state index is -5.02. The van der Waals surface area contributed by atoms with E-state index in [1.54, 1.807) is 5.32 Å². The van der Waals surface area contributed by atoms with Crippen LogP contribution < -0.4 is 5.32 Å². The summed E-state index contributed by atoms with van der Waals surface area (Å²) in [6.45, 7) is -1.36. The van der Waals surface area contributed by atoms with Crippen molar-refractivity contribution in [3.8, 4) is 0 Å². The molecule has 136 valence electrons. The first-order valence-electron chi connectivity index (χ1n) is 6.43. The van der Waals surface area contributed by atoms with Crippen LogP contribution in [0.1, 0.15) is 11.7 Å². The van der Waals surface area contributed by atoms with Gasteiger partial charge in [0, 0.05) is 6.26 Å². The van der Waals surface area contributed by atoms with Crippen LogP contribution in [0.25, 0.3) is 0 Å². The lowest BCUT2D eigenvalue weighted by molar-refractivity contribution is -0.152. The molecule has 0 spiro atoms. The third-order valence-electron chi connectivity index (χ3n) is 3.04. The molecule has 0 saturated carbocycles. The first kappa shape index (κ1) is 20.7. The van der Waals surface area contributed by atoms with Crippen LogP contribution in [0.5, 0.6) is 0 Å². The molecular weight excluding hydrogens is 378 g/mol. The number of benzene rings is 1. The van der Waals surface area contributed by atoms with E-state index in [4.69, 9.17) is 11.6 Å². The van der Waals surface area contributed by atoms with Gasteiger partial charge < -0.3 is 10.4 Å². The molecule has 0 aliphatic heterocycles. The zero-order chi connectivity index (χ0) is 18.7. The van der Waals surface area contributed by atoms with E-state index in [0.29, 0.717) is 0 Å². The first-order chi connectivity index (χ1) is 10.9. The summed E-state index contributed by atoms with van der Waals surface area (Å²) in [5, 5.41) is 8.78. The second kappa shape index (κ2) is 7.66. The van der Waals surface area contributed by atoms with E-state index >= 15 is 0 Å². The Balaban J connectivity index is 2.90. The molecule has 3 atom stereocenters. The lowest BCUT2D eigenvalue weighted by atomic mass is 10.0. The molecule has 1 amide bonds. The Morgan fingerprint density at radius 1 is 1.29 bits per heavy atom. The van der Waals surface area contributed by atoms with Gasteiger partial charge in [-0.15, -0.1) is 11.6 Å². The zero-order valence-corrected chi connectivity index (χ0v) is 13.8. The first-order valence-corrected chi connectivity index (χ1v) is 8.76. The van der Waals surface area contributed by atoms with Crippen molar-refractivity contribution in [1.29, 1.82) is 0 Å². The second-order valence-corrected chi connectivity index (χ2v) is 7.41. The van der Waals surface area contributed by atoms with Crippen molar-refractivity contribution in [2.24, 2.45) is 0 Å². The number of rotatable bonds is 6. The Labute approximate surface area is 140 Å². The van der Waals surface area contributed by atoms with Crippen molar-refractivity contribution in [3.05, 3.63) is 29.8 Å². The molecule has 1 aromatic carbocycles. The van der Waals surface area contributed by atoms with Crippen molar-refractivity contribution >= 4 is 27.3 Å². The number of carbonyl (C=O) groups excluding carboxylic acids is 1. The molecule has 5 nitrogen and oxygen atoms in total. The summed E-state index contributed by atoms with van der Waals surface area (Å²) in [7, 11) is -3.49. The fourth-order valence-corrected chi connectivity index (χ4v) is 2.44. The van der Waals surface area contributed by atoms with Gasteiger partial charge in [0.15, 0.2) is 9.84 Å². The maximum atomic E-state index is 13.0. The standard InChI is InChI=1S/C13H14ClF4NO4S/c1-24(22,23)8-4-2-7(3-5-8)10(20)9(6-15)19-12(21)11(14)13(16,17)18/h2-5,9-11,20H,6H2,1H3,(H,19,21)/t9-,10-,11-/m1/s1. The minimum Gasteiger partial charge on any atom is -0.386 e. The molecule has 2 N–H and O–H groups in total. The van der Waals surface area contributed by atoms with Gasteiger partial charge >= 0.3 is 6.18 Å². The van der Waals surface area contributed by atoms with Crippen LogP contribution >= 0.6 is 11.6 Å². The maximum Gasteiger partial charge on any atom is 0.413 e. The Morgan fingerprint density at radius 2 is 1.79 bits per heavy atom. The number of aliphatic hydroxyl groups is 1. The molecule has 0 saturated heterocycles. The van der Waals surface area contributed by atoms with E-state index in [0.717, 1.165) is 30.5 Å². The number of alkyl halides is 5. The quantitative estimate of drug-likeness (QED) is 0.571. The summed E-state index contributed by atoms with van der Waals surface area (Å²) >= 11 is 4.92. The fourth-order valence-electron chi connectivity index (χ4n) is 1.75. The summed E-state index contributed by atoms with van der Waals surface area (Å²) in [6, 6.07) is 2.94. The number of nitrogens with one attached hydrogen (secondary N) is 1. The number of sulfone groups is 1. The largest absolute Gasteiger partial charge is 0.413 e. The van der Waals surface area contributed by atoms with Gasteiger partial charge in [0.05, 0.1) is 10.9 Å². The highest BCUT2D eigenvalue weighted by Crippen LogP contribution is 2.26. The Kier molecular flexibility index (Phi) is 6.59. The van der Waals surface area contributed by atoms with Crippen molar-refractivity contribution < 1.29 is 35.9 Å². The van der Waals surface area contributed by atoms with Crippen LogP contribution in [0, 0.1) is 0 Å². The van der Waals surface area contributed by atoms with Gasteiger partial charge in [-0.2, -0.15) is 13.2 Å². The highest BCUT2D eigenvalue weighted by molar-refractivity contribution is 7.90. The summed E-state index contributed by atoms with van der Waals surface area (Å²) in [4.78, 5) is 11.3. The third-order valence-corrected chi connectivity index (χ3v) is 4.62. The van der Waals surface area contributed by atoms with Crippen molar-refractivity contribution in [3.63, 3.8) is 0 Å². The Bertz CT molecular complexity index is 678. The topological polar surface area (TPSA) is 83.5 Å². The summed E-state index contributed by atoms with van der Waals surface area (Å²) in [6.07, 6.45) is -5.75. The van der Waals surface area contributed by atoms with Crippen LogP contribution in [-0.2, 0) is 14.6 Å². The molecule has 0 unspecified atom stereocenters. The highest BCUT2D eigenvalue weighted by atomic mass is 35.5. The number of halogens is 5. The monoisotopic (exact) mass is 391 g/mol. The van der Waals surface area contributed by atoms with Crippen LogP contribution in [-0.4, -0.2) is 50.0 Å². The highest BCUT2D eigenvalue weighted by Gasteiger charge is 2.44. The molecule has 1 rings (SSSR count). The molecule has 0 aliphatic carbocycles. The summed E-state index contributed by atoms with van der Waals surface area (Å²) in [5.74, 6) is -1.70. The average Bonchev–Trinajstić information content (AvgIpc) is 2.49. The van der Waals surface area contributed by atoms with E-state index in [9.17, 15) is 35.9 Å². The second-order valence-electron chi connectivity index (χ2n) is 4.96. The van der Waals surface area contributed by atoms with Crippen molar-refractivity contribution in [2.75, 3.05) is 12.9 Å². The van der Waals surface area contributed by atoms with Gasteiger partial charge in [-0.3, -0.25) is 4.79 Å². The molecule has 24 heavy (non-hydrogen) atoms. The van der Waals surface area contributed by atoms with E-state index in [1.807, 2.05) is 0 Å². The van der Waals surface area contributed by atoms with Crippen LogP contribution in [0.2, 0.25) is 0 Å². The predicted molar refractivity (Wildman–Crippen MR) is 78.1 cm³/mol. The van der Waals surface area contributed by atoms with Crippen molar-refractivity contribution in [2.45, 2.75) is 28.6 Å². The number of hydrogen-bond acceptors (Lipinski definition) is 4. The SMILES string of the molecule is CS(=O)(=O)c1ccc([C@@H](O)[C@@H](CF)NC(=O)[C@@H](Cl)C(F)(F)F)cc1. The van der Waals surface area contributed by atoms with Crippen LogP contribution in [0.4, 0.5) is 17.6 Å². The lowest BCUT2D eigenvalue weighted by Crippen LogP contribution is -2.48. The van der Waals surface area contributed by atoms with E-state index in [1.165, 1.54) is 0 Å². The molecule has 0 bridgehead atoms. The maximum absolute atomic E-state index is 13.0. The van der Waals surface area contributed by atoms with Gasteiger partial charge in [-0.1, -0.05) is 12.1 Å². The van der Waals surface area contributed by atoms with E-state index < -0.39 is 46.1 Å². The van der Waals surface area contributed by atoms with E-state index in [2.05, 4.69) is 0 Å². The smallest absolute Gasteiger partial charge is 0.386 e. The van der Waals surface area contributed by atoms with Crippen molar-refractivity contribution in [1.82, 2.24) is 5.32 Å². The molecule has 0 fully saturated rings. The molecule has 0 aliphatic rings. The van der Waals surface area contributed by atoms with Crippen LogP contribution in [0.3, 0.4) is 0 Å². The molecule has 1 aromatic rings. The Hall–Kier alpha value is -1.39. The lowest BCUT2D eigenvalue weighted by Gasteiger charge is -2.23. The van der Waals surface area contributed by atoms with Gasteiger partial charge in [0.1, 0.15) is 12.8 Å². The normalized spacial score (nSPS) is 16.3. The summed E-state index contributed by atoms with van der Waals surface area (Å²) in [5.41, 5.74) is 0.0171. The summed E-state index contributed by atoms with van der Waals surface area (Å²) < 4.78 is 72.6. The van der Waals surface area contributed by atoms with Gasteiger partial charge in [-0.05, 0) is 17.7 Å². The number of amides is 1. The molecule has 11 heteroatoms. The predicted octanol–water partition coefficient (Wildman–Crippen LogP) is 1.75. The number of aliphatic hydroxyl groups excluding tert-OH is 1. The number of carbonyl (C=O) groups is 1. The minimum absolute atomic E-state index is 0.0171. The molecule has 0 aromatic heterocycles. The van der Waals surface area contributed by atoms with Crippen LogP contribution in [0.15, 0.2) is 29.2 Å². The van der Waals surface area contributed by atoms with Gasteiger partial charge in [0.2, 0.25) is 11.3 Å².